The summed E-state index contributed by atoms with van der Waals surface area (Å²) in [5, 5.41) is 17.5. The van der Waals surface area contributed by atoms with Gasteiger partial charge in [0.2, 0.25) is 0 Å². The largest absolute Gasteiger partial charge is 0.378 e. The van der Waals surface area contributed by atoms with Crippen molar-refractivity contribution in [3.05, 3.63) is 47.5 Å². The van der Waals surface area contributed by atoms with E-state index in [2.05, 4.69) is 30.3 Å². The van der Waals surface area contributed by atoms with Gasteiger partial charge in [-0.15, -0.1) is 0 Å². The Balaban J connectivity index is 1.36. The van der Waals surface area contributed by atoms with Crippen molar-refractivity contribution in [3.8, 4) is 12.1 Å². The van der Waals surface area contributed by atoms with Crippen LogP contribution in [0.15, 0.2) is 36.4 Å². The summed E-state index contributed by atoms with van der Waals surface area (Å²) in [6, 6.07) is 12.4. The minimum atomic E-state index is 0.415. The lowest BCUT2D eigenvalue weighted by Gasteiger charge is -2.32. The van der Waals surface area contributed by atoms with E-state index < -0.39 is 0 Å². The van der Waals surface area contributed by atoms with Crippen molar-refractivity contribution in [1.82, 2.24) is 0 Å². The highest BCUT2D eigenvalue weighted by Crippen LogP contribution is 2.36. The second-order valence-electron chi connectivity index (χ2n) is 7.81. The summed E-state index contributed by atoms with van der Waals surface area (Å²) in [6.07, 6.45) is 13.6. The Morgan fingerprint density at radius 2 is 1.62 bits per heavy atom. The molecule has 0 atom stereocenters. The number of allylic oxidation sites excluding steroid dienone is 2. The van der Waals surface area contributed by atoms with E-state index in [1.165, 1.54) is 31.2 Å². The molecule has 0 saturated heterocycles. The van der Waals surface area contributed by atoms with Crippen molar-refractivity contribution in [2.24, 2.45) is 11.8 Å². The normalized spacial score (nSPS) is 29.2. The highest BCUT2D eigenvalue weighted by Gasteiger charge is 2.25. The third-order valence-electron chi connectivity index (χ3n) is 6.09. The van der Waals surface area contributed by atoms with Gasteiger partial charge in [0.1, 0.15) is 0 Å². The van der Waals surface area contributed by atoms with Crippen molar-refractivity contribution in [2.75, 3.05) is 6.61 Å². The molecule has 3 nitrogen and oxygen atoms in total. The first-order valence-electron chi connectivity index (χ1n) is 9.96. The van der Waals surface area contributed by atoms with E-state index in [-0.39, 0.29) is 0 Å². The van der Waals surface area contributed by atoms with Gasteiger partial charge in [-0.3, -0.25) is 0 Å². The van der Waals surface area contributed by atoms with Crippen molar-refractivity contribution in [1.29, 1.82) is 10.5 Å². The van der Waals surface area contributed by atoms with Gasteiger partial charge in [-0.1, -0.05) is 18.2 Å². The van der Waals surface area contributed by atoms with Crippen LogP contribution in [0.3, 0.4) is 0 Å². The molecule has 1 aromatic carbocycles. The Hall–Kier alpha value is -2.10. The zero-order valence-corrected chi connectivity index (χ0v) is 15.4. The fourth-order valence-electron chi connectivity index (χ4n) is 4.39. The molecule has 2 aliphatic carbocycles. The number of nitrogens with zero attached hydrogens (tertiary/aromatic N) is 2. The van der Waals surface area contributed by atoms with Gasteiger partial charge in [-0.2, -0.15) is 10.5 Å². The zero-order chi connectivity index (χ0) is 18.2. The Morgan fingerprint density at radius 1 is 0.923 bits per heavy atom. The molecule has 2 saturated carbocycles. The van der Waals surface area contributed by atoms with E-state index in [1.54, 1.807) is 6.08 Å². The van der Waals surface area contributed by atoms with Crippen LogP contribution in [0.5, 0.6) is 0 Å². The van der Waals surface area contributed by atoms with Gasteiger partial charge in [0.15, 0.2) is 0 Å². The zero-order valence-electron chi connectivity index (χ0n) is 15.4. The van der Waals surface area contributed by atoms with Crippen LogP contribution >= 0.6 is 0 Å². The average Bonchev–Trinajstić information content (AvgIpc) is 2.72. The minimum absolute atomic E-state index is 0.415. The Morgan fingerprint density at radius 3 is 2.23 bits per heavy atom. The minimum Gasteiger partial charge on any atom is -0.378 e. The van der Waals surface area contributed by atoms with Crippen molar-refractivity contribution < 1.29 is 4.74 Å². The molecule has 0 aromatic heterocycles. The predicted octanol–water partition coefficient (Wildman–Crippen LogP) is 5.49. The lowest BCUT2D eigenvalue weighted by Crippen LogP contribution is -2.25. The molecule has 2 fully saturated rings. The van der Waals surface area contributed by atoms with Crippen LogP contribution in [0, 0.1) is 34.5 Å². The van der Waals surface area contributed by atoms with Crippen molar-refractivity contribution in [2.45, 2.75) is 63.4 Å². The predicted molar refractivity (Wildman–Crippen MR) is 102 cm³/mol. The van der Waals surface area contributed by atoms with E-state index in [0.717, 1.165) is 37.9 Å². The monoisotopic (exact) mass is 348 g/mol. The van der Waals surface area contributed by atoms with E-state index in [9.17, 15) is 0 Å². The maximum absolute atomic E-state index is 8.91. The molecule has 0 heterocycles. The molecule has 1 aromatic rings. The average molecular weight is 348 g/mol. The second kappa shape index (κ2) is 9.56. The molecule has 0 radical (unpaired) electrons. The number of nitriles is 2. The van der Waals surface area contributed by atoms with Crippen LogP contribution in [-0.4, -0.2) is 12.7 Å². The van der Waals surface area contributed by atoms with Crippen molar-refractivity contribution in [3.63, 3.8) is 0 Å². The summed E-state index contributed by atoms with van der Waals surface area (Å²) in [5.41, 5.74) is 2.13. The molecule has 0 amide bonds. The third kappa shape index (κ3) is 5.20. The molecule has 0 bridgehead atoms. The molecule has 136 valence electrons. The third-order valence-corrected chi connectivity index (χ3v) is 6.09. The standard InChI is InChI=1S/C23H28N2O/c24-15-1-2-18-7-13-23(14-8-18)26-17-20-5-11-22(12-6-20)21-9-3-19(16-25)4-10-21/h1-4,9-10,18,20,22-23H,5-8,11-14,17H2. The van der Waals surface area contributed by atoms with Crippen LogP contribution in [0.1, 0.15) is 68.4 Å². The summed E-state index contributed by atoms with van der Waals surface area (Å²) in [4.78, 5) is 0. The van der Waals surface area contributed by atoms with E-state index in [1.807, 2.05) is 12.1 Å². The summed E-state index contributed by atoms with van der Waals surface area (Å²) < 4.78 is 6.22. The first-order valence-corrected chi connectivity index (χ1v) is 9.96. The van der Waals surface area contributed by atoms with Crippen LogP contribution in [0.4, 0.5) is 0 Å². The van der Waals surface area contributed by atoms with Crippen LogP contribution in [0.2, 0.25) is 0 Å². The quantitative estimate of drug-likeness (QED) is 0.661. The highest BCUT2D eigenvalue weighted by atomic mass is 16.5. The number of hydrogen-bond donors (Lipinski definition) is 0. The molecule has 0 unspecified atom stereocenters. The van der Waals surface area contributed by atoms with Gasteiger partial charge in [0.05, 0.1) is 23.8 Å². The van der Waals surface area contributed by atoms with Gasteiger partial charge in [0.25, 0.3) is 0 Å². The maximum atomic E-state index is 8.91. The van der Waals surface area contributed by atoms with Crippen molar-refractivity contribution >= 4 is 0 Å². The van der Waals surface area contributed by atoms with Gasteiger partial charge < -0.3 is 4.74 Å². The van der Waals surface area contributed by atoms with Gasteiger partial charge in [-0.05, 0) is 86.8 Å². The first kappa shape index (κ1) is 18.7. The number of benzene rings is 1. The topological polar surface area (TPSA) is 56.8 Å². The summed E-state index contributed by atoms with van der Waals surface area (Å²) in [7, 11) is 0. The number of ether oxygens (including phenoxy) is 1. The van der Waals surface area contributed by atoms with Gasteiger partial charge >= 0.3 is 0 Å². The molecule has 3 heteroatoms. The summed E-state index contributed by atoms with van der Waals surface area (Å²) in [5.74, 6) is 1.90. The van der Waals surface area contributed by atoms with E-state index in [4.69, 9.17) is 15.3 Å². The van der Waals surface area contributed by atoms with Crippen LogP contribution in [-0.2, 0) is 4.74 Å². The van der Waals surface area contributed by atoms with Crippen LogP contribution < -0.4 is 0 Å². The summed E-state index contributed by atoms with van der Waals surface area (Å²) in [6.45, 7) is 0.906. The Bertz CT molecular complexity index is 664. The molecule has 0 spiro atoms. The molecule has 3 rings (SSSR count). The smallest absolute Gasteiger partial charge is 0.0991 e. The highest BCUT2D eigenvalue weighted by molar-refractivity contribution is 5.33. The lowest BCUT2D eigenvalue weighted by molar-refractivity contribution is -0.00456. The second-order valence-corrected chi connectivity index (χ2v) is 7.81. The molecular weight excluding hydrogens is 320 g/mol. The SMILES string of the molecule is N#CC=CC1CCC(OCC2CCC(c3ccc(C#N)cc3)CC2)CC1. The molecular formula is C23H28N2O. The van der Waals surface area contributed by atoms with E-state index >= 15 is 0 Å². The number of rotatable bonds is 5. The maximum Gasteiger partial charge on any atom is 0.0991 e. The molecule has 2 aliphatic rings. The summed E-state index contributed by atoms with van der Waals surface area (Å²) >= 11 is 0. The van der Waals surface area contributed by atoms with Gasteiger partial charge in [-0.25, -0.2) is 0 Å². The fraction of sp³-hybridized carbons (Fsp3) is 0.565. The van der Waals surface area contributed by atoms with E-state index in [0.29, 0.717) is 23.9 Å². The molecule has 0 aliphatic heterocycles. The number of hydrogen-bond acceptors (Lipinski definition) is 3. The lowest BCUT2D eigenvalue weighted by atomic mass is 9.79. The molecule has 0 N–H and O–H groups in total. The molecule has 26 heavy (non-hydrogen) atoms. The first-order chi connectivity index (χ1) is 12.8. The fourth-order valence-corrected chi connectivity index (χ4v) is 4.39. The Kier molecular flexibility index (Phi) is 6.87. The van der Waals surface area contributed by atoms with Gasteiger partial charge in [0, 0.05) is 12.7 Å². The van der Waals surface area contributed by atoms with Crippen LogP contribution in [0.25, 0.3) is 0 Å². The Labute approximate surface area is 157 Å².